The highest BCUT2D eigenvalue weighted by Gasteiger charge is 2.19. The van der Waals surface area contributed by atoms with Gasteiger partial charge in [-0.1, -0.05) is 78.9 Å². The van der Waals surface area contributed by atoms with Crippen molar-refractivity contribution in [2.75, 3.05) is 0 Å². The molecule has 0 atom stereocenters. The Bertz CT molecular complexity index is 1240. The molecular weight excluding hydrogens is 465 g/mol. The predicted molar refractivity (Wildman–Crippen MR) is 116 cm³/mol. The molecule has 1 heterocycles. The Morgan fingerprint density at radius 2 is 1.10 bits per heavy atom. The SMILES string of the molecule is [I-].c1ccc(-c2cc[n+](-c3cccc4ccccc34)c(-c3ccccc3)c2)cc1. The summed E-state index contributed by atoms with van der Waals surface area (Å²) < 4.78 is 2.30. The minimum absolute atomic E-state index is 0. The first-order valence-electron chi connectivity index (χ1n) is 9.55. The Kier molecular flexibility index (Phi) is 5.72. The maximum absolute atomic E-state index is 2.30. The molecule has 29 heavy (non-hydrogen) atoms. The first-order valence-corrected chi connectivity index (χ1v) is 9.55. The van der Waals surface area contributed by atoms with E-state index in [4.69, 9.17) is 0 Å². The Balaban J connectivity index is 0.00000205. The minimum Gasteiger partial charge on any atom is -1.00 e. The van der Waals surface area contributed by atoms with Crippen LogP contribution in [0.3, 0.4) is 0 Å². The number of halogens is 1. The molecule has 0 fully saturated rings. The molecule has 0 spiro atoms. The van der Waals surface area contributed by atoms with Gasteiger partial charge in [-0.05, 0) is 34.7 Å². The standard InChI is InChI=1S/C27H20N.HI/c1-3-10-21(11-4-1)24-18-19-28(27(20-24)23-13-5-2-6-14-23)26-17-9-15-22-12-7-8-16-25(22)26;/h1-20H;1H/q+1;/p-1. The average Bonchev–Trinajstić information content (AvgIpc) is 2.79. The van der Waals surface area contributed by atoms with Gasteiger partial charge in [-0.25, -0.2) is 0 Å². The van der Waals surface area contributed by atoms with Gasteiger partial charge in [0.05, 0.1) is 5.39 Å². The number of fused-ring (bicyclic) bond motifs is 1. The van der Waals surface area contributed by atoms with E-state index in [0.717, 1.165) is 0 Å². The van der Waals surface area contributed by atoms with Crippen molar-refractivity contribution in [1.82, 2.24) is 0 Å². The molecule has 0 saturated heterocycles. The van der Waals surface area contributed by atoms with Gasteiger partial charge in [0.25, 0.3) is 0 Å². The molecule has 1 nitrogen and oxygen atoms in total. The van der Waals surface area contributed by atoms with Crippen LogP contribution in [0.15, 0.2) is 121 Å². The van der Waals surface area contributed by atoms with Crippen molar-refractivity contribution in [3.05, 3.63) is 121 Å². The molecular formula is C27H20IN. The molecule has 4 aromatic carbocycles. The molecule has 140 valence electrons. The van der Waals surface area contributed by atoms with Gasteiger partial charge in [-0.2, -0.15) is 4.57 Å². The third kappa shape index (κ3) is 3.81. The second-order valence-corrected chi connectivity index (χ2v) is 6.90. The summed E-state index contributed by atoms with van der Waals surface area (Å²) in [5, 5.41) is 2.50. The van der Waals surface area contributed by atoms with Crippen molar-refractivity contribution in [2.45, 2.75) is 0 Å². The monoisotopic (exact) mass is 485 g/mol. The van der Waals surface area contributed by atoms with Crippen LogP contribution in [0.25, 0.3) is 38.8 Å². The van der Waals surface area contributed by atoms with E-state index in [-0.39, 0.29) is 24.0 Å². The second kappa shape index (κ2) is 8.58. The lowest BCUT2D eigenvalue weighted by Crippen LogP contribution is -3.00. The average molecular weight is 485 g/mol. The van der Waals surface area contributed by atoms with E-state index in [1.807, 2.05) is 0 Å². The Hall–Kier alpha value is -2.98. The van der Waals surface area contributed by atoms with Gasteiger partial charge >= 0.3 is 0 Å². The molecule has 0 radical (unpaired) electrons. The number of benzene rings is 4. The maximum atomic E-state index is 2.30. The van der Waals surface area contributed by atoms with Crippen molar-refractivity contribution < 1.29 is 28.5 Å². The first kappa shape index (κ1) is 19.3. The predicted octanol–water partition coefficient (Wildman–Crippen LogP) is 3.45. The van der Waals surface area contributed by atoms with Crippen LogP contribution in [0.1, 0.15) is 0 Å². The molecule has 5 rings (SSSR count). The van der Waals surface area contributed by atoms with Gasteiger partial charge in [-0.15, -0.1) is 0 Å². The van der Waals surface area contributed by atoms with E-state index >= 15 is 0 Å². The lowest BCUT2D eigenvalue weighted by atomic mass is 10.0. The van der Waals surface area contributed by atoms with E-state index in [9.17, 15) is 0 Å². The zero-order valence-electron chi connectivity index (χ0n) is 15.9. The zero-order chi connectivity index (χ0) is 18.8. The molecule has 0 unspecified atom stereocenters. The van der Waals surface area contributed by atoms with Crippen LogP contribution in [0.5, 0.6) is 0 Å². The molecule has 0 aliphatic rings. The van der Waals surface area contributed by atoms with Crippen molar-refractivity contribution in [2.24, 2.45) is 0 Å². The Morgan fingerprint density at radius 3 is 1.86 bits per heavy atom. The normalized spacial score (nSPS) is 10.5. The van der Waals surface area contributed by atoms with Gasteiger partial charge < -0.3 is 24.0 Å². The van der Waals surface area contributed by atoms with E-state index in [0.29, 0.717) is 0 Å². The highest BCUT2D eigenvalue weighted by Crippen LogP contribution is 2.26. The van der Waals surface area contributed by atoms with E-state index in [1.165, 1.54) is 38.8 Å². The molecule has 0 saturated carbocycles. The summed E-state index contributed by atoms with van der Waals surface area (Å²) in [6, 6.07) is 40.7. The third-order valence-corrected chi connectivity index (χ3v) is 5.16. The number of hydrogen-bond acceptors (Lipinski definition) is 0. The fraction of sp³-hybridized carbons (Fsp3) is 0. The fourth-order valence-corrected chi connectivity index (χ4v) is 3.77. The Labute approximate surface area is 188 Å². The molecule has 1 aromatic heterocycles. The lowest BCUT2D eigenvalue weighted by Gasteiger charge is -2.09. The van der Waals surface area contributed by atoms with Gasteiger partial charge in [0, 0.05) is 23.8 Å². The summed E-state index contributed by atoms with van der Waals surface area (Å²) in [4.78, 5) is 0. The van der Waals surface area contributed by atoms with Crippen LogP contribution < -0.4 is 28.5 Å². The fourth-order valence-electron chi connectivity index (χ4n) is 3.77. The van der Waals surface area contributed by atoms with Crippen LogP contribution in [0.2, 0.25) is 0 Å². The van der Waals surface area contributed by atoms with Crippen molar-refractivity contribution in [3.63, 3.8) is 0 Å². The van der Waals surface area contributed by atoms with Crippen LogP contribution >= 0.6 is 0 Å². The molecule has 0 amide bonds. The van der Waals surface area contributed by atoms with Gasteiger partial charge in [-0.3, -0.25) is 0 Å². The molecule has 0 aliphatic heterocycles. The van der Waals surface area contributed by atoms with Crippen LogP contribution in [0, 0.1) is 0 Å². The number of rotatable bonds is 3. The van der Waals surface area contributed by atoms with Crippen LogP contribution in [0.4, 0.5) is 0 Å². The summed E-state index contributed by atoms with van der Waals surface area (Å²) in [6.45, 7) is 0. The summed E-state index contributed by atoms with van der Waals surface area (Å²) in [5.74, 6) is 0. The third-order valence-electron chi connectivity index (χ3n) is 5.16. The van der Waals surface area contributed by atoms with E-state index in [2.05, 4.69) is 126 Å². The number of aromatic nitrogens is 1. The van der Waals surface area contributed by atoms with Crippen molar-refractivity contribution >= 4 is 10.8 Å². The summed E-state index contributed by atoms with van der Waals surface area (Å²) >= 11 is 0. The zero-order valence-corrected chi connectivity index (χ0v) is 18.0. The van der Waals surface area contributed by atoms with Crippen LogP contribution in [-0.4, -0.2) is 0 Å². The second-order valence-electron chi connectivity index (χ2n) is 6.90. The summed E-state index contributed by atoms with van der Waals surface area (Å²) in [7, 11) is 0. The van der Waals surface area contributed by atoms with Crippen molar-refractivity contribution in [3.8, 4) is 28.1 Å². The van der Waals surface area contributed by atoms with Gasteiger partial charge in [0.2, 0.25) is 11.4 Å². The molecule has 5 aromatic rings. The maximum Gasteiger partial charge on any atom is 0.219 e. The van der Waals surface area contributed by atoms with Gasteiger partial charge in [0.15, 0.2) is 6.20 Å². The van der Waals surface area contributed by atoms with Crippen LogP contribution in [-0.2, 0) is 0 Å². The highest BCUT2D eigenvalue weighted by molar-refractivity contribution is 5.88. The summed E-state index contributed by atoms with van der Waals surface area (Å²) in [6.07, 6.45) is 2.19. The number of pyridine rings is 1. The first-order chi connectivity index (χ1) is 13.9. The van der Waals surface area contributed by atoms with Gasteiger partial charge in [0.1, 0.15) is 0 Å². The van der Waals surface area contributed by atoms with E-state index in [1.54, 1.807) is 0 Å². The van der Waals surface area contributed by atoms with E-state index < -0.39 is 0 Å². The number of nitrogens with zero attached hydrogens (tertiary/aromatic N) is 1. The molecule has 0 bridgehead atoms. The highest BCUT2D eigenvalue weighted by atomic mass is 127. The topological polar surface area (TPSA) is 3.88 Å². The quantitative estimate of drug-likeness (QED) is 0.272. The smallest absolute Gasteiger partial charge is 0.219 e. The summed E-state index contributed by atoms with van der Waals surface area (Å²) in [5.41, 5.74) is 6.02. The Morgan fingerprint density at radius 1 is 0.483 bits per heavy atom. The lowest BCUT2D eigenvalue weighted by molar-refractivity contribution is -0.582. The number of hydrogen-bond donors (Lipinski definition) is 0. The molecule has 0 N–H and O–H groups in total. The van der Waals surface area contributed by atoms with Crippen molar-refractivity contribution in [1.29, 1.82) is 0 Å². The molecule has 2 heteroatoms. The molecule has 0 aliphatic carbocycles. The minimum atomic E-state index is 0. The largest absolute Gasteiger partial charge is 1.00 e.